The average molecular weight is 517 g/mol. The van der Waals surface area contributed by atoms with E-state index in [4.69, 9.17) is 0 Å². The van der Waals surface area contributed by atoms with E-state index in [-0.39, 0.29) is 4.90 Å². The van der Waals surface area contributed by atoms with E-state index in [2.05, 4.69) is 26.0 Å². The van der Waals surface area contributed by atoms with Gasteiger partial charge in [-0.3, -0.25) is 9.10 Å². The second-order valence-corrected chi connectivity index (χ2v) is 9.70. The highest BCUT2D eigenvalue weighted by Crippen LogP contribution is 2.26. The summed E-state index contributed by atoms with van der Waals surface area (Å²) in [5, 5.41) is 2.66. The number of amides is 1. The van der Waals surface area contributed by atoms with Crippen LogP contribution in [0.1, 0.15) is 15.9 Å². The molecule has 0 aromatic heterocycles. The standard InChI is InChI=1S/C23H21BrN2O5S/c1-16-6-12-21(13-7-16)32(29,30)26(20-5-3-4-18(24)14-20)15-22(27)25-19-10-8-17(9-11-19)23(28)31-2/h3-14H,15H2,1-2H3,(H,25,27). The number of ether oxygens (including phenoxy) is 1. The average Bonchev–Trinajstić information content (AvgIpc) is 2.77. The molecule has 1 amide bonds. The fourth-order valence-corrected chi connectivity index (χ4v) is 4.72. The number of halogens is 1. The Labute approximate surface area is 195 Å². The number of benzene rings is 3. The minimum Gasteiger partial charge on any atom is -0.465 e. The molecule has 0 radical (unpaired) electrons. The Kier molecular flexibility index (Phi) is 7.32. The lowest BCUT2D eigenvalue weighted by molar-refractivity contribution is -0.114. The number of carbonyl (C=O) groups is 2. The maximum atomic E-state index is 13.4. The van der Waals surface area contributed by atoms with E-state index in [1.54, 1.807) is 48.5 Å². The summed E-state index contributed by atoms with van der Waals surface area (Å²) in [4.78, 5) is 24.4. The molecule has 3 aromatic rings. The van der Waals surface area contributed by atoms with E-state index in [0.717, 1.165) is 9.87 Å². The number of hydrogen-bond acceptors (Lipinski definition) is 5. The minimum absolute atomic E-state index is 0.0818. The lowest BCUT2D eigenvalue weighted by Gasteiger charge is -2.24. The van der Waals surface area contributed by atoms with Crippen LogP contribution < -0.4 is 9.62 Å². The number of rotatable bonds is 7. The number of methoxy groups -OCH3 is 1. The Morgan fingerprint density at radius 1 is 1.00 bits per heavy atom. The molecule has 0 spiro atoms. The third-order valence-electron chi connectivity index (χ3n) is 4.58. The Hall–Kier alpha value is -3.17. The van der Waals surface area contributed by atoms with Gasteiger partial charge in [0.1, 0.15) is 6.54 Å². The molecule has 0 aliphatic rings. The molecule has 32 heavy (non-hydrogen) atoms. The molecule has 3 aromatic carbocycles. The van der Waals surface area contributed by atoms with E-state index in [0.29, 0.717) is 21.4 Å². The van der Waals surface area contributed by atoms with Crippen molar-refractivity contribution in [2.75, 3.05) is 23.3 Å². The van der Waals surface area contributed by atoms with Crippen LogP contribution in [0.4, 0.5) is 11.4 Å². The van der Waals surface area contributed by atoms with Gasteiger partial charge in [-0.2, -0.15) is 0 Å². The van der Waals surface area contributed by atoms with Gasteiger partial charge in [-0.15, -0.1) is 0 Å². The highest BCUT2D eigenvalue weighted by Gasteiger charge is 2.27. The first-order chi connectivity index (χ1) is 15.2. The number of aryl methyl sites for hydroxylation is 1. The van der Waals surface area contributed by atoms with Gasteiger partial charge in [0.05, 0.1) is 23.3 Å². The lowest BCUT2D eigenvalue weighted by Crippen LogP contribution is -2.38. The van der Waals surface area contributed by atoms with Crippen molar-refractivity contribution in [3.8, 4) is 0 Å². The van der Waals surface area contributed by atoms with Crippen molar-refractivity contribution in [1.29, 1.82) is 0 Å². The van der Waals surface area contributed by atoms with Crippen molar-refractivity contribution in [3.63, 3.8) is 0 Å². The highest BCUT2D eigenvalue weighted by molar-refractivity contribution is 9.10. The van der Waals surface area contributed by atoms with Crippen LogP contribution in [0.25, 0.3) is 0 Å². The van der Waals surface area contributed by atoms with Gasteiger partial charge in [0.25, 0.3) is 10.0 Å². The van der Waals surface area contributed by atoms with Gasteiger partial charge < -0.3 is 10.1 Å². The minimum atomic E-state index is -4.01. The molecule has 166 valence electrons. The van der Waals surface area contributed by atoms with Gasteiger partial charge >= 0.3 is 5.97 Å². The highest BCUT2D eigenvalue weighted by atomic mass is 79.9. The quantitative estimate of drug-likeness (QED) is 0.470. The second-order valence-electron chi connectivity index (χ2n) is 6.92. The zero-order chi connectivity index (χ0) is 23.3. The van der Waals surface area contributed by atoms with Crippen LogP contribution in [0.2, 0.25) is 0 Å². The van der Waals surface area contributed by atoms with Crippen LogP contribution in [-0.4, -0.2) is 33.9 Å². The normalized spacial score (nSPS) is 11.0. The summed E-state index contributed by atoms with van der Waals surface area (Å²) in [6.07, 6.45) is 0. The van der Waals surface area contributed by atoms with Gasteiger partial charge in [0.15, 0.2) is 0 Å². The van der Waals surface area contributed by atoms with Crippen LogP contribution in [-0.2, 0) is 19.6 Å². The number of esters is 1. The van der Waals surface area contributed by atoms with Crippen LogP contribution >= 0.6 is 15.9 Å². The van der Waals surface area contributed by atoms with Crippen molar-refractivity contribution < 1.29 is 22.7 Å². The maximum Gasteiger partial charge on any atom is 0.337 e. The number of nitrogens with zero attached hydrogens (tertiary/aromatic N) is 1. The van der Waals surface area contributed by atoms with E-state index in [1.165, 1.54) is 31.4 Å². The SMILES string of the molecule is COC(=O)c1ccc(NC(=O)CN(c2cccc(Br)c2)S(=O)(=O)c2ccc(C)cc2)cc1. The largest absolute Gasteiger partial charge is 0.465 e. The smallest absolute Gasteiger partial charge is 0.337 e. The predicted molar refractivity (Wildman–Crippen MR) is 126 cm³/mol. The molecule has 0 atom stereocenters. The topological polar surface area (TPSA) is 92.8 Å². The predicted octanol–water partition coefficient (Wildman–Crippen LogP) is 4.38. The number of sulfonamides is 1. The molecule has 0 aliphatic carbocycles. The Bertz CT molecular complexity index is 1230. The molecule has 0 fully saturated rings. The molecule has 1 N–H and O–H groups in total. The first-order valence-electron chi connectivity index (χ1n) is 9.54. The summed E-state index contributed by atoms with van der Waals surface area (Å²) in [5.41, 5.74) is 2.02. The van der Waals surface area contributed by atoms with E-state index in [9.17, 15) is 18.0 Å². The molecule has 0 saturated heterocycles. The van der Waals surface area contributed by atoms with Gasteiger partial charge in [-0.05, 0) is 61.5 Å². The van der Waals surface area contributed by atoms with E-state index < -0.39 is 28.4 Å². The molecular weight excluding hydrogens is 496 g/mol. The van der Waals surface area contributed by atoms with Crippen LogP contribution in [0.15, 0.2) is 82.2 Å². The summed E-state index contributed by atoms with van der Waals surface area (Å²) < 4.78 is 33.1. The van der Waals surface area contributed by atoms with Crippen LogP contribution in [0.5, 0.6) is 0 Å². The summed E-state index contributed by atoms with van der Waals surface area (Å²) in [6.45, 7) is 1.42. The fraction of sp³-hybridized carbons (Fsp3) is 0.130. The van der Waals surface area contributed by atoms with Crippen molar-refractivity contribution in [1.82, 2.24) is 0 Å². The second kappa shape index (κ2) is 9.97. The fourth-order valence-electron chi connectivity index (χ4n) is 2.92. The number of nitrogens with one attached hydrogen (secondary N) is 1. The Morgan fingerprint density at radius 3 is 2.25 bits per heavy atom. The third kappa shape index (κ3) is 5.54. The molecule has 7 nitrogen and oxygen atoms in total. The zero-order valence-electron chi connectivity index (χ0n) is 17.4. The van der Waals surface area contributed by atoms with Gasteiger partial charge in [0, 0.05) is 10.2 Å². The molecule has 9 heteroatoms. The third-order valence-corrected chi connectivity index (χ3v) is 6.86. The summed E-state index contributed by atoms with van der Waals surface area (Å²) in [5.74, 6) is -1.03. The number of anilines is 2. The van der Waals surface area contributed by atoms with Crippen molar-refractivity contribution in [2.45, 2.75) is 11.8 Å². The molecule has 0 bridgehead atoms. The van der Waals surface area contributed by atoms with E-state index in [1.807, 2.05) is 6.92 Å². The molecule has 0 aliphatic heterocycles. The Balaban J connectivity index is 1.88. The molecule has 3 rings (SSSR count). The number of carbonyl (C=O) groups excluding carboxylic acids is 2. The van der Waals surface area contributed by atoms with Gasteiger partial charge in [0.2, 0.25) is 5.91 Å². The van der Waals surface area contributed by atoms with Crippen molar-refractivity contribution >= 4 is 49.2 Å². The molecular formula is C23H21BrN2O5S. The first kappa shape index (κ1) is 23.5. The van der Waals surface area contributed by atoms with Crippen molar-refractivity contribution in [3.05, 3.63) is 88.4 Å². The molecule has 0 heterocycles. The molecule has 0 unspecified atom stereocenters. The summed E-state index contributed by atoms with van der Waals surface area (Å²) >= 11 is 3.35. The molecule has 0 saturated carbocycles. The van der Waals surface area contributed by atoms with Crippen molar-refractivity contribution in [2.24, 2.45) is 0 Å². The monoisotopic (exact) mass is 516 g/mol. The summed E-state index contributed by atoms with van der Waals surface area (Å²) in [6, 6.07) is 19.3. The maximum absolute atomic E-state index is 13.4. The van der Waals surface area contributed by atoms with Crippen LogP contribution in [0.3, 0.4) is 0 Å². The Morgan fingerprint density at radius 2 is 1.66 bits per heavy atom. The number of hydrogen-bond donors (Lipinski definition) is 1. The van der Waals surface area contributed by atoms with Gasteiger partial charge in [-0.25, -0.2) is 13.2 Å². The van der Waals surface area contributed by atoms with E-state index >= 15 is 0 Å². The first-order valence-corrected chi connectivity index (χ1v) is 11.8. The summed E-state index contributed by atoms with van der Waals surface area (Å²) in [7, 11) is -2.73. The van der Waals surface area contributed by atoms with Gasteiger partial charge in [-0.1, -0.05) is 39.7 Å². The zero-order valence-corrected chi connectivity index (χ0v) is 19.8. The van der Waals surface area contributed by atoms with Crippen LogP contribution in [0, 0.1) is 6.92 Å². The lowest BCUT2D eigenvalue weighted by atomic mass is 10.2.